The number of carbonyl (C=O) groups excluding carboxylic acids is 1. The summed E-state index contributed by atoms with van der Waals surface area (Å²) in [6, 6.07) is -0.0505. The molecule has 2 rings (SSSR count). The van der Waals surface area contributed by atoms with Crippen LogP contribution in [0.3, 0.4) is 0 Å². The second kappa shape index (κ2) is 5.00. The fourth-order valence-electron chi connectivity index (χ4n) is 2.66. The van der Waals surface area contributed by atoms with Crippen molar-refractivity contribution >= 4 is 12.1 Å². The van der Waals surface area contributed by atoms with Crippen LogP contribution in [0.25, 0.3) is 0 Å². The van der Waals surface area contributed by atoms with Gasteiger partial charge in [-0.05, 0) is 40.0 Å². The van der Waals surface area contributed by atoms with Crippen LogP contribution in [0.2, 0.25) is 0 Å². The maximum atomic E-state index is 12.1. The Hall–Kier alpha value is -1.30. The fourth-order valence-corrected chi connectivity index (χ4v) is 2.66. The average Bonchev–Trinajstić information content (AvgIpc) is 2.68. The number of aliphatic carboxylic acids is 1. The van der Waals surface area contributed by atoms with E-state index in [0.29, 0.717) is 25.8 Å². The number of fused-ring (bicyclic) bond motifs is 1. The van der Waals surface area contributed by atoms with Crippen molar-refractivity contribution in [2.45, 2.75) is 63.9 Å². The highest BCUT2D eigenvalue weighted by atomic mass is 16.6. The molecule has 2 saturated heterocycles. The molecule has 0 radical (unpaired) electrons. The van der Waals surface area contributed by atoms with E-state index in [0.717, 1.165) is 0 Å². The monoisotopic (exact) mass is 271 g/mol. The van der Waals surface area contributed by atoms with Gasteiger partial charge in [0.15, 0.2) is 6.10 Å². The molecular formula is C13H21NO5. The Morgan fingerprint density at radius 2 is 1.95 bits per heavy atom. The lowest BCUT2D eigenvalue weighted by atomic mass is 9.99. The molecule has 108 valence electrons. The summed E-state index contributed by atoms with van der Waals surface area (Å²) in [7, 11) is 0. The number of amides is 1. The van der Waals surface area contributed by atoms with E-state index in [9.17, 15) is 9.59 Å². The van der Waals surface area contributed by atoms with Crippen LogP contribution in [0.1, 0.15) is 40.0 Å². The standard InChI is InChI=1S/C13H21NO5/c1-13(2,3)19-12(17)14-7-6-9-8(14)4-5-10(18-9)11(15)16/h8-10H,4-7H2,1-3H3,(H,15,16)/t8-,9-,10-/m1/s1. The number of nitrogens with zero attached hydrogens (tertiary/aromatic N) is 1. The number of hydrogen-bond donors (Lipinski definition) is 1. The summed E-state index contributed by atoms with van der Waals surface area (Å²) >= 11 is 0. The van der Waals surface area contributed by atoms with Gasteiger partial charge in [-0.25, -0.2) is 9.59 Å². The second-order valence-corrected chi connectivity index (χ2v) is 6.11. The normalized spacial score (nSPS) is 30.9. The Kier molecular flexibility index (Phi) is 3.71. The zero-order valence-corrected chi connectivity index (χ0v) is 11.6. The first kappa shape index (κ1) is 14.1. The highest BCUT2D eigenvalue weighted by molar-refractivity contribution is 5.73. The zero-order chi connectivity index (χ0) is 14.2. The molecule has 19 heavy (non-hydrogen) atoms. The fraction of sp³-hybridized carbons (Fsp3) is 0.846. The summed E-state index contributed by atoms with van der Waals surface area (Å²) in [5.74, 6) is -0.922. The van der Waals surface area contributed by atoms with E-state index in [2.05, 4.69) is 0 Å². The molecule has 0 aromatic rings. The van der Waals surface area contributed by atoms with E-state index >= 15 is 0 Å². The lowest BCUT2D eigenvalue weighted by Gasteiger charge is -2.35. The van der Waals surface area contributed by atoms with Gasteiger partial charge < -0.3 is 19.5 Å². The number of rotatable bonds is 1. The Labute approximate surface area is 112 Å². The summed E-state index contributed by atoms with van der Waals surface area (Å²) < 4.78 is 10.9. The Morgan fingerprint density at radius 1 is 1.26 bits per heavy atom. The van der Waals surface area contributed by atoms with Crippen molar-refractivity contribution in [2.24, 2.45) is 0 Å². The molecule has 6 heteroatoms. The van der Waals surface area contributed by atoms with Gasteiger partial charge in [0.2, 0.25) is 0 Å². The second-order valence-electron chi connectivity index (χ2n) is 6.11. The average molecular weight is 271 g/mol. The molecule has 3 atom stereocenters. The Morgan fingerprint density at radius 3 is 2.53 bits per heavy atom. The first-order valence-corrected chi connectivity index (χ1v) is 6.66. The molecule has 2 aliphatic rings. The smallest absolute Gasteiger partial charge is 0.410 e. The van der Waals surface area contributed by atoms with Crippen LogP contribution in [0, 0.1) is 0 Å². The molecule has 1 N–H and O–H groups in total. The number of carboxylic acids is 1. The molecule has 0 saturated carbocycles. The van der Waals surface area contributed by atoms with E-state index < -0.39 is 17.7 Å². The van der Waals surface area contributed by atoms with Crippen LogP contribution in [-0.2, 0) is 14.3 Å². The van der Waals surface area contributed by atoms with Crippen LogP contribution in [0.4, 0.5) is 4.79 Å². The number of hydrogen-bond acceptors (Lipinski definition) is 4. The van der Waals surface area contributed by atoms with Crippen molar-refractivity contribution in [1.82, 2.24) is 4.90 Å². The quantitative estimate of drug-likeness (QED) is 0.784. The number of ether oxygens (including phenoxy) is 2. The lowest BCUT2D eigenvalue weighted by molar-refractivity contribution is -0.160. The van der Waals surface area contributed by atoms with Gasteiger partial charge in [-0.2, -0.15) is 0 Å². The maximum absolute atomic E-state index is 12.1. The summed E-state index contributed by atoms with van der Waals surface area (Å²) in [6.45, 7) is 6.05. The maximum Gasteiger partial charge on any atom is 0.410 e. The summed E-state index contributed by atoms with van der Waals surface area (Å²) in [5.41, 5.74) is -0.520. The molecule has 0 unspecified atom stereocenters. The van der Waals surface area contributed by atoms with Crippen molar-refractivity contribution in [3.63, 3.8) is 0 Å². The molecule has 2 aliphatic heterocycles. The molecule has 0 aromatic heterocycles. The summed E-state index contributed by atoms with van der Waals surface area (Å²) in [6.07, 6.45) is 0.518. The van der Waals surface area contributed by atoms with E-state index in [1.807, 2.05) is 20.8 Å². The van der Waals surface area contributed by atoms with Crippen molar-refractivity contribution < 1.29 is 24.2 Å². The molecule has 6 nitrogen and oxygen atoms in total. The van der Waals surface area contributed by atoms with Crippen LogP contribution < -0.4 is 0 Å². The van der Waals surface area contributed by atoms with Crippen LogP contribution >= 0.6 is 0 Å². The molecule has 0 bridgehead atoms. The van der Waals surface area contributed by atoms with Crippen molar-refractivity contribution in [1.29, 1.82) is 0 Å². The van der Waals surface area contributed by atoms with Gasteiger partial charge in [0, 0.05) is 6.54 Å². The summed E-state index contributed by atoms with van der Waals surface area (Å²) in [5, 5.41) is 8.96. The van der Waals surface area contributed by atoms with Gasteiger partial charge in [0.05, 0.1) is 12.1 Å². The predicted octanol–water partition coefficient (Wildman–Crippen LogP) is 1.63. The molecule has 2 fully saturated rings. The van der Waals surface area contributed by atoms with Gasteiger partial charge in [0.25, 0.3) is 0 Å². The predicted molar refractivity (Wildman–Crippen MR) is 66.9 cm³/mol. The van der Waals surface area contributed by atoms with E-state index in [4.69, 9.17) is 14.6 Å². The highest BCUT2D eigenvalue weighted by Gasteiger charge is 2.44. The topological polar surface area (TPSA) is 76.1 Å². The van der Waals surface area contributed by atoms with E-state index in [-0.39, 0.29) is 18.2 Å². The molecule has 1 amide bonds. The largest absolute Gasteiger partial charge is 0.479 e. The lowest BCUT2D eigenvalue weighted by Crippen LogP contribution is -2.47. The minimum Gasteiger partial charge on any atom is -0.479 e. The van der Waals surface area contributed by atoms with Crippen molar-refractivity contribution in [3.8, 4) is 0 Å². The van der Waals surface area contributed by atoms with Crippen LogP contribution in [0.15, 0.2) is 0 Å². The number of carbonyl (C=O) groups is 2. The van der Waals surface area contributed by atoms with Crippen LogP contribution in [-0.4, -0.2) is 52.5 Å². The van der Waals surface area contributed by atoms with Crippen molar-refractivity contribution in [2.75, 3.05) is 6.54 Å². The zero-order valence-electron chi connectivity index (χ0n) is 11.6. The third-order valence-corrected chi connectivity index (χ3v) is 3.45. The number of carboxylic acid groups (broad SMARTS) is 1. The third-order valence-electron chi connectivity index (χ3n) is 3.45. The molecule has 0 aromatic carbocycles. The first-order chi connectivity index (χ1) is 8.78. The Bertz CT molecular complexity index is 376. The molecular weight excluding hydrogens is 250 g/mol. The van der Waals surface area contributed by atoms with Gasteiger partial charge in [-0.3, -0.25) is 0 Å². The third kappa shape index (κ3) is 3.18. The first-order valence-electron chi connectivity index (χ1n) is 6.66. The highest BCUT2D eigenvalue weighted by Crippen LogP contribution is 2.32. The molecule has 2 heterocycles. The van der Waals surface area contributed by atoms with Gasteiger partial charge >= 0.3 is 12.1 Å². The number of likely N-dealkylation sites (tertiary alicyclic amines) is 1. The van der Waals surface area contributed by atoms with E-state index in [1.165, 1.54) is 0 Å². The van der Waals surface area contributed by atoms with Gasteiger partial charge in [-0.1, -0.05) is 0 Å². The van der Waals surface area contributed by atoms with Gasteiger partial charge in [0.1, 0.15) is 5.60 Å². The van der Waals surface area contributed by atoms with E-state index in [1.54, 1.807) is 4.90 Å². The molecule has 0 spiro atoms. The minimum absolute atomic E-state index is 0.0505. The Balaban J connectivity index is 1.97. The summed E-state index contributed by atoms with van der Waals surface area (Å²) in [4.78, 5) is 24.7. The minimum atomic E-state index is -0.922. The van der Waals surface area contributed by atoms with Gasteiger partial charge in [-0.15, -0.1) is 0 Å². The molecule has 0 aliphatic carbocycles. The van der Waals surface area contributed by atoms with Crippen molar-refractivity contribution in [3.05, 3.63) is 0 Å². The van der Waals surface area contributed by atoms with Crippen LogP contribution in [0.5, 0.6) is 0 Å². The SMILES string of the molecule is CC(C)(C)OC(=O)N1CC[C@H]2O[C@@H](C(=O)O)CC[C@H]21.